The number of halogens is 1. The minimum Gasteiger partial charge on any atom is -0.497 e. The second-order valence-corrected chi connectivity index (χ2v) is 4.61. The maximum atomic E-state index is 13.7. The fourth-order valence-electron chi connectivity index (χ4n) is 2.20. The van der Waals surface area contributed by atoms with E-state index in [1.165, 1.54) is 31.2 Å². The number of amides is 1. The van der Waals surface area contributed by atoms with Crippen LogP contribution in [0.5, 0.6) is 5.75 Å². The molecule has 0 spiro atoms. The molecule has 1 aliphatic rings. The van der Waals surface area contributed by atoms with Gasteiger partial charge in [-0.15, -0.1) is 0 Å². The van der Waals surface area contributed by atoms with Crippen LogP contribution in [0.25, 0.3) is 0 Å². The van der Waals surface area contributed by atoms with Gasteiger partial charge in [-0.25, -0.2) is 4.39 Å². The van der Waals surface area contributed by atoms with Crippen LogP contribution in [0.1, 0.15) is 36.0 Å². The zero-order chi connectivity index (χ0) is 13.7. The van der Waals surface area contributed by atoms with Gasteiger partial charge in [0.1, 0.15) is 11.6 Å². The molecule has 102 valence electrons. The number of benzene rings is 1. The summed E-state index contributed by atoms with van der Waals surface area (Å²) in [5.41, 5.74) is 1.44. The van der Waals surface area contributed by atoms with Gasteiger partial charge >= 0.3 is 0 Å². The molecule has 1 N–H and O–H groups in total. The molecule has 0 unspecified atom stereocenters. The fraction of sp³-hybridized carbons (Fsp3) is 0.400. The zero-order valence-electron chi connectivity index (χ0n) is 11.0. The lowest BCUT2D eigenvalue weighted by Gasteiger charge is -2.07. The van der Waals surface area contributed by atoms with Crippen LogP contribution < -0.4 is 10.1 Å². The van der Waals surface area contributed by atoms with Crippen LogP contribution >= 0.6 is 0 Å². The second-order valence-electron chi connectivity index (χ2n) is 4.61. The maximum Gasteiger partial charge on any atom is 0.254 e. The van der Waals surface area contributed by atoms with Gasteiger partial charge in [0.05, 0.1) is 12.7 Å². The molecule has 1 aliphatic carbocycles. The first-order valence-corrected chi connectivity index (χ1v) is 6.50. The molecule has 0 heterocycles. The van der Waals surface area contributed by atoms with Gasteiger partial charge in [-0.3, -0.25) is 4.79 Å². The number of carbonyl (C=O) groups excluding carboxylic acids is 1. The number of carbonyl (C=O) groups is 1. The summed E-state index contributed by atoms with van der Waals surface area (Å²) >= 11 is 0. The van der Waals surface area contributed by atoms with Crippen molar-refractivity contribution >= 4 is 5.91 Å². The first kappa shape index (κ1) is 13.6. The highest BCUT2D eigenvalue weighted by atomic mass is 19.1. The first-order chi connectivity index (χ1) is 9.20. The molecule has 0 saturated carbocycles. The molecule has 3 nitrogen and oxygen atoms in total. The van der Waals surface area contributed by atoms with Crippen molar-refractivity contribution in [2.75, 3.05) is 13.7 Å². The van der Waals surface area contributed by atoms with Crippen molar-refractivity contribution in [3.05, 3.63) is 41.2 Å². The van der Waals surface area contributed by atoms with E-state index in [-0.39, 0.29) is 11.5 Å². The number of rotatable bonds is 5. The third-order valence-electron chi connectivity index (χ3n) is 3.29. The van der Waals surface area contributed by atoms with Crippen molar-refractivity contribution in [1.29, 1.82) is 0 Å². The van der Waals surface area contributed by atoms with E-state index in [1.54, 1.807) is 6.07 Å². The van der Waals surface area contributed by atoms with Crippen molar-refractivity contribution in [2.45, 2.75) is 25.7 Å². The lowest BCUT2D eigenvalue weighted by Crippen LogP contribution is -2.25. The molecule has 0 aromatic heterocycles. The summed E-state index contributed by atoms with van der Waals surface area (Å²) in [7, 11) is 1.46. The highest BCUT2D eigenvalue weighted by Crippen LogP contribution is 2.20. The number of nitrogens with one attached hydrogen (secondary N) is 1. The number of ether oxygens (including phenoxy) is 1. The molecular formula is C15H18FNO2. The van der Waals surface area contributed by atoms with Gasteiger partial charge in [-0.2, -0.15) is 0 Å². The molecule has 0 atom stereocenters. The van der Waals surface area contributed by atoms with E-state index in [1.807, 2.05) is 0 Å². The summed E-state index contributed by atoms with van der Waals surface area (Å²) in [4.78, 5) is 11.8. The Morgan fingerprint density at radius 3 is 2.95 bits per heavy atom. The SMILES string of the molecule is COc1ccc(C(=O)NCCC2=CCCC2)c(F)c1. The van der Waals surface area contributed by atoms with Crippen molar-refractivity contribution < 1.29 is 13.9 Å². The molecule has 2 rings (SSSR count). The van der Waals surface area contributed by atoms with E-state index in [4.69, 9.17) is 4.74 Å². The molecule has 0 bridgehead atoms. The molecule has 0 fully saturated rings. The molecule has 1 aromatic rings. The molecule has 0 aliphatic heterocycles. The standard InChI is InChI=1S/C15H18FNO2/c1-19-12-6-7-13(14(16)10-12)15(18)17-9-8-11-4-2-3-5-11/h4,6-7,10H,2-3,5,8-9H2,1H3,(H,17,18). The number of allylic oxidation sites excluding steroid dienone is 1. The summed E-state index contributed by atoms with van der Waals surface area (Å²) in [5.74, 6) is -0.527. The summed E-state index contributed by atoms with van der Waals surface area (Å²) in [5, 5.41) is 2.74. The summed E-state index contributed by atoms with van der Waals surface area (Å²) < 4.78 is 18.6. The molecule has 4 heteroatoms. The summed E-state index contributed by atoms with van der Waals surface area (Å²) in [6, 6.07) is 4.24. The predicted octanol–water partition coefficient (Wildman–Crippen LogP) is 3.06. The van der Waals surface area contributed by atoms with Gasteiger partial charge in [0, 0.05) is 12.6 Å². The Kier molecular flexibility index (Phi) is 4.55. The Hall–Kier alpha value is -1.84. The van der Waals surface area contributed by atoms with Crippen LogP contribution in [0.4, 0.5) is 4.39 Å². The quantitative estimate of drug-likeness (QED) is 0.829. The van der Waals surface area contributed by atoms with E-state index in [9.17, 15) is 9.18 Å². The van der Waals surface area contributed by atoms with Crippen molar-refractivity contribution in [1.82, 2.24) is 5.32 Å². The van der Waals surface area contributed by atoms with Crippen LogP contribution in [-0.4, -0.2) is 19.6 Å². The Morgan fingerprint density at radius 2 is 2.32 bits per heavy atom. The van der Waals surface area contributed by atoms with E-state index in [0.717, 1.165) is 19.3 Å². The van der Waals surface area contributed by atoms with Crippen molar-refractivity contribution in [2.24, 2.45) is 0 Å². The number of hydrogen-bond donors (Lipinski definition) is 1. The topological polar surface area (TPSA) is 38.3 Å². The maximum absolute atomic E-state index is 13.7. The smallest absolute Gasteiger partial charge is 0.254 e. The van der Waals surface area contributed by atoms with E-state index >= 15 is 0 Å². The van der Waals surface area contributed by atoms with Gasteiger partial charge in [0.25, 0.3) is 5.91 Å². The molecule has 0 saturated heterocycles. The highest BCUT2D eigenvalue weighted by Gasteiger charge is 2.12. The average Bonchev–Trinajstić information content (AvgIpc) is 2.91. The third-order valence-corrected chi connectivity index (χ3v) is 3.29. The molecular weight excluding hydrogens is 245 g/mol. The summed E-state index contributed by atoms with van der Waals surface area (Å²) in [6.07, 6.45) is 6.53. The van der Waals surface area contributed by atoms with Crippen LogP contribution in [0.2, 0.25) is 0 Å². The Balaban J connectivity index is 1.88. The van der Waals surface area contributed by atoms with Gasteiger partial charge in [-0.1, -0.05) is 11.6 Å². The van der Waals surface area contributed by atoms with E-state index in [0.29, 0.717) is 12.3 Å². The number of hydrogen-bond acceptors (Lipinski definition) is 2. The predicted molar refractivity (Wildman–Crippen MR) is 71.8 cm³/mol. The third kappa shape index (κ3) is 3.56. The molecule has 19 heavy (non-hydrogen) atoms. The lowest BCUT2D eigenvalue weighted by molar-refractivity contribution is 0.0950. The van der Waals surface area contributed by atoms with Crippen LogP contribution in [0.3, 0.4) is 0 Å². The lowest BCUT2D eigenvalue weighted by atomic mass is 10.1. The normalized spacial score (nSPS) is 14.1. The molecule has 1 aromatic carbocycles. The zero-order valence-corrected chi connectivity index (χ0v) is 11.0. The Labute approximate surface area is 112 Å². The van der Waals surface area contributed by atoms with Crippen LogP contribution in [0.15, 0.2) is 29.8 Å². The first-order valence-electron chi connectivity index (χ1n) is 6.50. The van der Waals surface area contributed by atoms with Crippen molar-refractivity contribution in [3.63, 3.8) is 0 Å². The second kappa shape index (κ2) is 6.36. The minimum absolute atomic E-state index is 0.0567. The fourth-order valence-corrected chi connectivity index (χ4v) is 2.20. The largest absolute Gasteiger partial charge is 0.497 e. The highest BCUT2D eigenvalue weighted by molar-refractivity contribution is 5.94. The van der Waals surface area contributed by atoms with Gasteiger partial charge < -0.3 is 10.1 Å². The van der Waals surface area contributed by atoms with Gasteiger partial charge in [-0.05, 0) is 37.8 Å². The average molecular weight is 263 g/mol. The number of methoxy groups -OCH3 is 1. The van der Waals surface area contributed by atoms with E-state index < -0.39 is 5.82 Å². The molecule has 0 radical (unpaired) electrons. The Bertz CT molecular complexity index is 497. The van der Waals surface area contributed by atoms with Gasteiger partial charge in [0.15, 0.2) is 0 Å². The van der Waals surface area contributed by atoms with Crippen molar-refractivity contribution in [3.8, 4) is 5.75 Å². The summed E-state index contributed by atoms with van der Waals surface area (Å²) in [6.45, 7) is 0.552. The molecule has 1 amide bonds. The Morgan fingerprint density at radius 1 is 1.47 bits per heavy atom. The van der Waals surface area contributed by atoms with Gasteiger partial charge in [0.2, 0.25) is 0 Å². The van der Waals surface area contributed by atoms with Crippen LogP contribution in [-0.2, 0) is 0 Å². The van der Waals surface area contributed by atoms with E-state index in [2.05, 4.69) is 11.4 Å². The van der Waals surface area contributed by atoms with Crippen LogP contribution in [0, 0.1) is 5.82 Å². The minimum atomic E-state index is -0.558. The monoisotopic (exact) mass is 263 g/mol.